The number of halogens is 9. The average Bonchev–Trinajstić information content (AvgIpc) is 1.87. The monoisotopic (exact) mass is 1350 g/mol. The summed E-state index contributed by atoms with van der Waals surface area (Å²) in [4.78, 5) is 49.8. The number of nitrogens with one attached hydrogen (secondary N) is 2. The van der Waals surface area contributed by atoms with Gasteiger partial charge in [-0.1, -0.05) is 72.5 Å². The minimum Gasteiger partial charge on any atom is -0.506 e. The number of aromatic hydroxyl groups is 4. The lowest BCUT2D eigenvalue weighted by Gasteiger charge is -2.09. The molecule has 0 aliphatic rings. The van der Waals surface area contributed by atoms with Crippen molar-refractivity contribution in [3.05, 3.63) is 192 Å². The van der Waals surface area contributed by atoms with E-state index in [-0.39, 0.29) is 29.1 Å². The van der Waals surface area contributed by atoms with E-state index in [0.717, 1.165) is 52.4 Å². The number of phenols is 4. The lowest BCUT2D eigenvalue weighted by molar-refractivity contribution is -0.386. The van der Waals surface area contributed by atoms with E-state index in [2.05, 4.69) is 40.9 Å². The summed E-state index contributed by atoms with van der Waals surface area (Å²) in [6.07, 6.45) is -2.49. The number of nitrogens with zero attached hydrogens (tertiary/aromatic N) is 6. The van der Waals surface area contributed by atoms with Crippen LogP contribution in [-0.2, 0) is 26.1 Å². The fourth-order valence-corrected chi connectivity index (χ4v) is 7.91. The highest BCUT2D eigenvalue weighted by Gasteiger charge is 2.49. The fraction of sp³-hybridized carbons (Fsp3) is 0.150. The van der Waals surface area contributed by atoms with Crippen molar-refractivity contribution in [1.29, 1.82) is 0 Å². The molecule has 0 aliphatic heterocycles. The fourth-order valence-electron chi connectivity index (χ4n) is 7.44. The maximum atomic E-state index is 12.1. The molecule has 7 aromatic carbocycles. The topological polar surface area (TPSA) is 382 Å². The zero-order valence-corrected chi connectivity index (χ0v) is 49.4. The van der Waals surface area contributed by atoms with Crippen LogP contribution in [0.4, 0.5) is 50.9 Å². The number of nitrogens with two attached hydrogens (primary N) is 1. The maximum absolute atomic E-state index is 12.1. The number of aromatic nitrogens is 5. The minimum absolute atomic E-state index is 0.0351. The third-order valence-electron chi connectivity index (χ3n) is 12.0. The molecular weight excluding hydrogens is 1310 g/mol. The van der Waals surface area contributed by atoms with E-state index in [4.69, 9.17) is 48.2 Å². The molecule has 0 radical (unpaired) electrons. The molecule has 0 saturated heterocycles. The van der Waals surface area contributed by atoms with E-state index < -0.39 is 74.2 Å². The molecule has 5 aromatic heterocycles. The highest BCUT2D eigenvalue weighted by Crippen LogP contribution is 2.34. The van der Waals surface area contributed by atoms with E-state index in [1.807, 2.05) is 49.5 Å². The van der Waals surface area contributed by atoms with E-state index in [1.165, 1.54) is 43.8 Å². The number of alkyl halides is 9. The molecule has 25 nitrogen and oxygen atoms in total. The van der Waals surface area contributed by atoms with E-state index in [9.17, 15) is 67.6 Å². The number of carbonyl (C=O) groups is 2. The molecular formula is C60H48F9N9O16S. The van der Waals surface area contributed by atoms with Crippen molar-refractivity contribution in [3.8, 4) is 40.6 Å². The molecule has 35 heteroatoms. The number of hydrogen-bond donors (Lipinski definition) is 7. The van der Waals surface area contributed by atoms with Crippen molar-refractivity contribution < 1.29 is 109 Å². The number of nitro groups is 1. The highest BCUT2D eigenvalue weighted by atomic mass is 32.2. The second kappa shape index (κ2) is 32.3. The zero-order valence-electron chi connectivity index (χ0n) is 48.6. The number of aryl methyl sites for hydroxylation is 3. The summed E-state index contributed by atoms with van der Waals surface area (Å²) in [6, 6.07) is 33.9. The molecule has 0 aliphatic carbocycles. The standard InChI is InChI=1S/C12H11F3N2O2.C12H7F3N2O2.C8H4F3NO4S.C8H7NO.C7H5NO2.C7H9NO.C6H5NO4/c2*13-12(14,15)11(18)16-6-2-4-8-3-1-5-9-10(8)17-7-19-9;9-8(10,11)17(13,14)16-6-3-1-2-5-7(6)12-4-15-5;1-6-3-2-4-7-8(6)9-5-10-7;9-5-2-1-3-6-7(5)8-4-10-6;1-5-3-2-4-6(9)7(5)8;8-4-2-1-3-5(9)6(4)7(10)11/h1,3,5,7H,2,4,6H2,(H,16,18);1,3,5,7H,6H2,(H,16,18);1-4H;2-5H,1H3;1-4,9H;2-4,9H,8H2,1H3;1-3,8-9H. The SMILES string of the molecule is Cc1cccc(O)c1N.Cc1cccc2ocnc12.O=C(NCC#Cc1cccc2ocnc12)C(F)(F)F.O=C(NCCCc1cccc2ocnc12)C(F)(F)F.O=S(=O)(Oc1cccc2ocnc12)C(F)(F)F.O=[N+]([O-])c1c(O)cccc1O.Oc1cccc2ocnc12. The molecule has 12 aromatic rings. The zero-order chi connectivity index (χ0) is 69.7. The lowest BCUT2D eigenvalue weighted by Crippen LogP contribution is -2.37. The molecule has 5 heterocycles. The molecule has 0 saturated carbocycles. The first-order valence-corrected chi connectivity index (χ1v) is 27.9. The molecule has 0 atom stereocenters. The molecule has 12 rings (SSSR count). The number of anilines is 1. The van der Waals surface area contributed by atoms with Gasteiger partial charge in [0.05, 0.1) is 22.7 Å². The van der Waals surface area contributed by atoms with Gasteiger partial charge in [-0.05, 0) is 110 Å². The number of rotatable bonds is 8. The van der Waals surface area contributed by atoms with Crippen molar-refractivity contribution in [3.63, 3.8) is 0 Å². The second-order valence-corrected chi connectivity index (χ2v) is 20.1. The van der Waals surface area contributed by atoms with Crippen molar-refractivity contribution in [2.75, 3.05) is 18.8 Å². The van der Waals surface area contributed by atoms with Gasteiger partial charge in [0.2, 0.25) is 0 Å². The van der Waals surface area contributed by atoms with E-state index in [0.29, 0.717) is 57.4 Å². The average molecular weight is 1350 g/mol. The molecule has 498 valence electrons. The largest absolute Gasteiger partial charge is 0.534 e. The number of benzene rings is 7. The van der Waals surface area contributed by atoms with Crippen LogP contribution in [-0.4, -0.2) is 101 Å². The van der Waals surface area contributed by atoms with E-state index >= 15 is 0 Å². The minimum atomic E-state index is -5.70. The predicted molar refractivity (Wildman–Crippen MR) is 319 cm³/mol. The van der Waals surface area contributed by atoms with E-state index in [1.54, 1.807) is 66.0 Å². The summed E-state index contributed by atoms with van der Waals surface area (Å²) >= 11 is 0. The van der Waals surface area contributed by atoms with Gasteiger partial charge in [-0.3, -0.25) is 19.7 Å². The number of phenolic OH excluding ortho intramolecular Hbond substituents is 4. The number of carbonyl (C=O) groups excluding carboxylic acids is 2. The summed E-state index contributed by atoms with van der Waals surface area (Å²) in [5.74, 6) is -0.152. The van der Waals surface area contributed by atoms with Gasteiger partial charge in [-0.15, -0.1) is 0 Å². The quantitative estimate of drug-likeness (QED) is 0.00855. The molecule has 0 unspecified atom stereocenters. The van der Waals surface area contributed by atoms with Gasteiger partial charge in [0.15, 0.2) is 88.2 Å². The summed E-state index contributed by atoms with van der Waals surface area (Å²) in [6.45, 7) is 3.44. The smallest absolute Gasteiger partial charge is 0.506 e. The predicted octanol–water partition coefficient (Wildman–Crippen LogP) is 12.3. The molecule has 2 amide bonds. The van der Waals surface area contributed by atoms with Gasteiger partial charge >= 0.3 is 45.5 Å². The van der Waals surface area contributed by atoms with Gasteiger partial charge in [0, 0.05) is 6.54 Å². The molecule has 0 spiro atoms. The Morgan fingerprint density at radius 1 is 0.558 bits per heavy atom. The van der Waals surface area contributed by atoms with Crippen LogP contribution in [0.3, 0.4) is 0 Å². The summed E-state index contributed by atoms with van der Waals surface area (Å²) in [5, 5.41) is 49.4. The van der Waals surface area contributed by atoms with Gasteiger partial charge in [-0.25, -0.2) is 24.9 Å². The van der Waals surface area contributed by atoms with Crippen molar-refractivity contribution in [2.45, 2.75) is 44.6 Å². The summed E-state index contributed by atoms with van der Waals surface area (Å²) in [7, 11) is -5.70. The van der Waals surface area contributed by atoms with Gasteiger partial charge in [0.1, 0.15) is 28.0 Å². The Bertz CT molecular complexity index is 4640. The maximum Gasteiger partial charge on any atom is 0.534 e. The molecule has 0 bridgehead atoms. The number of nitrogen functional groups attached to an aromatic ring is 1. The van der Waals surface area contributed by atoms with Crippen molar-refractivity contribution in [1.82, 2.24) is 35.6 Å². The second-order valence-electron chi connectivity index (χ2n) is 18.6. The molecule has 8 N–H and O–H groups in total. The number of oxazole rings is 5. The Labute approximate surface area is 527 Å². The number of nitro benzene ring substituents is 1. The van der Waals surface area contributed by atoms with Crippen LogP contribution in [0, 0.1) is 35.8 Å². The molecule has 95 heavy (non-hydrogen) atoms. The first-order valence-electron chi connectivity index (χ1n) is 26.5. The van der Waals surface area contributed by atoms with Crippen LogP contribution >= 0.6 is 0 Å². The van der Waals surface area contributed by atoms with Crippen LogP contribution in [0.25, 0.3) is 55.5 Å². The first-order chi connectivity index (χ1) is 44.9. The Morgan fingerprint density at radius 2 is 0.979 bits per heavy atom. The van der Waals surface area contributed by atoms with Gasteiger partial charge in [0.25, 0.3) is 0 Å². The first kappa shape index (κ1) is 72.0. The van der Waals surface area contributed by atoms with Crippen LogP contribution in [0.1, 0.15) is 28.7 Å². The Balaban J connectivity index is 0.000000179. The Kier molecular flexibility index (Phi) is 24.4. The summed E-state index contributed by atoms with van der Waals surface area (Å²) in [5.41, 5.74) is 8.60. The highest BCUT2D eigenvalue weighted by molar-refractivity contribution is 7.88. The van der Waals surface area contributed by atoms with Crippen molar-refractivity contribution >= 4 is 88.8 Å². The van der Waals surface area contributed by atoms with Gasteiger partial charge in [-0.2, -0.15) is 47.9 Å². The third kappa shape index (κ3) is 20.5. The van der Waals surface area contributed by atoms with Gasteiger partial charge < -0.3 is 63.1 Å². The van der Waals surface area contributed by atoms with Crippen LogP contribution < -0.4 is 20.6 Å². The normalized spacial score (nSPS) is 11.0. The van der Waals surface area contributed by atoms with Crippen LogP contribution in [0.5, 0.6) is 28.7 Å². The third-order valence-corrected chi connectivity index (χ3v) is 12.9. The Hall–Kier alpha value is -12.1. The number of amides is 2. The Morgan fingerprint density at radius 3 is 1.51 bits per heavy atom. The van der Waals surface area contributed by atoms with Crippen LogP contribution in [0.15, 0.2) is 181 Å². The van der Waals surface area contributed by atoms with Crippen LogP contribution in [0.2, 0.25) is 0 Å². The number of fused-ring (bicyclic) bond motifs is 5. The lowest BCUT2D eigenvalue weighted by atomic mass is 10.1. The summed E-state index contributed by atoms with van der Waals surface area (Å²) < 4.78 is 158. The number of hydrogen-bond acceptors (Lipinski definition) is 22. The number of para-hydroxylation sites is 7. The van der Waals surface area contributed by atoms with Crippen molar-refractivity contribution in [2.24, 2.45) is 0 Å². The molecule has 0 fully saturated rings.